The number of hydrogen-bond donors (Lipinski definition) is 1. The van der Waals surface area contributed by atoms with Gasteiger partial charge in [0.2, 0.25) is 0 Å². The third kappa shape index (κ3) is 5.60. The number of aromatic nitrogens is 2. The maximum atomic E-state index is 13.3. The SMILES string of the molecule is Cc1nn(Cc2c(Cl)ccc(CN3CCC(CC(=O)O)CC3)c2Cl)c2c(C)cc(C(F)(F)F)cc12. The number of carboxylic acid groups (broad SMARTS) is 1. The van der Waals surface area contributed by atoms with E-state index >= 15 is 0 Å². The molecule has 2 aromatic carbocycles. The quantitative estimate of drug-likeness (QED) is 0.386. The van der Waals surface area contributed by atoms with Crippen LogP contribution >= 0.6 is 23.2 Å². The lowest BCUT2D eigenvalue weighted by Crippen LogP contribution is -2.34. The number of carbonyl (C=O) groups is 1. The Hall–Kier alpha value is -2.29. The fraction of sp³-hybridized carbons (Fsp3) is 0.440. The first kappa shape index (κ1) is 25.8. The van der Waals surface area contributed by atoms with Crippen LogP contribution in [0.3, 0.4) is 0 Å². The molecule has 0 amide bonds. The van der Waals surface area contributed by atoms with Crippen LogP contribution in [0.4, 0.5) is 13.2 Å². The summed E-state index contributed by atoms with van der Waals surface area (Å²) in [7, 11) is 0. The highest BCUT2D eigenvalue weighted by molar-refractivity contribution is 6.36. The summed E-state index contributed by atoms with van der Waals surface area (Å²) in [5.41, 5.74) is 2.45. The van der Waals surface area contributed by atoms with Crippen molar-refractivity contribution in [2.24, 2.45) is 5.92 Å². The highest BCUT2D eigenvalue weighted by atomic mass is 35.5. The molecule has 188 valence electrons. The van der Waals surface area contributed by atoms with E-state index in [1.165, 1.54) is 0 Å². The Morgan fingerprint density at radius 2 is 1.83 bits per heavy atom. The summed E-state index contributed by atoms with van der Waals surface area (Å²) < 4.78 is 41.6. The second-order valence-electron chi connectivity index (χ2n) is 9.25. The number of aryl methyl sites for hydroxylation is 2. The second-order valence-corrected chi connectivity index (χ2v) is 10.0. The van der Waals surface area contributed by atoms with E-state index in [9.17, 15) is 18.0 Å². The van der Waals surface area contributed by atoms with E-state index in [0.29, 0.717) is 44.3 Å². The molecule has 5 nitrogen and oxygen atoms in total. The predicted molar refractivity (Wildman–Crippen MR) is 130 cm³/mol. The number of nitrogens with zero attached hydrogens (tertiary/aromatic N) is 3. The summed E-state index contributed by atoms with van der Waals surface area (Å²) in [5.74, 6) is -0.572. The van der Waals surface area contributed by atoms with Gasteiger partial charge >= 0.3 is 12.1 Å². The zero-order chi connectivity index (χ0) is 25.5. The first-order valence-electron chi connectivity index (χ1n) is 11.4. The third-order valence-electron chi connectivity index (χ3n) is 6.68. The molecule has 1 N–H and O–H groups in total. The molecule has 1 aliphatic rings. The number of hydrogen-bond acceptors (Lipinski definition) is 3. The van der Waals surface area contributed by atoms with Crippen molar-refractivity contribution < 1.29 is 23.1 Å². The summed E-state index contributed by atoms with van der Waals surface area (Å²) in [5, 5.41) is 14.9. The molecular weight excluding hydrogens is 502 g/mol. The Bertz CT molecular complexity index is 1270. The molecule has 4 rings (SSSR count). The monoisotopic (exact) mass is 527 g/mol. The molecule has 10 heteroatoms. The number of alkyl halides is 3. The van der Waals surface area contributed by atoms with Crippen LogP contribution in [0.1, 0.15) is 47.2 Å². The summed E-state index contributed by atoms with van der Waals surface area (Å²) in [4.78, 5) is 13.2. The molecule has 0 aliphatic carbocycles. The van der Waals surface area contributed by atoms with E-state index in [4.69, 9.17) is 28.3 Å². The number of likely N-dealkylation sites (tertiary alicyclic amines) is 1. The average Bonchev–Trinajstić information content (AvgIpc) is 3.09. The number of piperidine rings is 1. The van der Waals surface area contributed by atoms with Gasteiger partial charge in [-0.1, -0.05) is 29.3 Å². The minimum Gasteiger partial charge on any atom is -0.481 e. The summed E-state index contributed by atoms with van der Waals surface area (Å²) in [6.07, 6.45) is -2.60. The van der Waals surface area contributed by atoms with Crippen molar-refractivity contribution in [1.82, 2.24) is 14.7 Å². The van der Waals surface area contributed by atoms with Crippen molar-refractivity contribution in [2.45, 2.75) is 52.4 Å². The van der Waals surface area contributed by atoms with E-state index in [1.54, 1.807) is 24.6 Å². The largest absolute Gasteiger partial charge is 0.481 e. The molecule has 1 aromatic heterocycles. The van der Waals surface area contributed by atoms with Gasteiger partial charge < -0.3 is 5.11 Å². The van der Waals surface area contributed by atoms with Gasteiger partial charge in [0.15, 0.2) is 0 Å². The summed E-state index contributed by atoms with van der Waals surface area (Å²) in [6, 6.07) is 5.93. The molecule has 0 unspecified atom stereocenters. The number of halogens is 5. The Morgan fingerprint density at radius 1 is 1.14 bits per heavy atom. The standard InChI is InChI=1S/C25H26Cl2F3N3O2/c1-14-9-18(25(28,29)30)11-19-15(2)31-33(24(14)19)13-20-21(26)4-3-17(23(20)27)12-32-7-5-16(6-8-32)10-22(34)35/h3-4,9,11,16H,5-8,10,12-13H2,1-2H3,(H,34,35). The van der Waals surface area contributed by atoms with E-state index in [0.717, 1.165) is 43.6 Å². The Morgan fingerprint density at radius 3 is 2.46 bits per heavy atom. The second kappa shape index (κ2) is 9.99. The van der Waals surface area contributed by atoms with Crippen LogP contribution in [0.25, 0.3) is 10.9 Å². The first-order valence-corrected chi connectivity index (χ1v) is 12.1. The lowest BCUT2D eigenvalue weighted by molar-refractivity contribution is -0.139. The lowest BCUT2D eigenvalue weighted by Gasteiger charge is -2.31. The number of aliphatic carboxylic acids is 1. The molecule has 1 aliphatic heterocycles. The predicted octanol–water partition coefficient (Wildman–Crippen LogP) is 6.71. The van der Waals surface area contributed by atoms with Crippen LogP contribution in [0.5, 0.6) is 0 Å². The molecule has 0 saturated carbocycles. The summed E-state index contributed by atoms with van der Waals surface area (Å²) >= 11 is 13.3. The van der Waals surface area contributed by atoms with Crippen LogP contribution in [0.15, 0.2) is 24.3 Å². The van der Waals surface area contributed by atoms with Gasteiger partial charge in [0, 0.05) is 28.9 Å². The smallest absolute Gasteiger partial charge is 0.416 e. The number of benzene rings is 2. The molecule has 0 bridgehead atoms. The topological polar surface area (TPSA) is 58.4 Å². The Kier molecular flexibility index (Phi) is 7.36. The van der Waals surface area contributed by atoms with Crippen molar-refractivity contribution in [1.29, 1.82) is 0 Å². The number of carboxylic acids is 1. The number of fused-ring (bicyclic) bond motifs is 1. The van der Waals surface area contributed by atoms with Crippen molar-refractivity contribution in [3.8, 4) is 0 Å². The molecule has 1 fully saturated rings. The van der Waals surface area contributed by atoms with Crippen molar-refractivity contribution in [3.05, 3.63) is 62.3 Å². The zero-order valence-electron chi connectivity index (χ0n) is 19.4. The van der Waals surface area contributed by atoms with E-state index in [2.05, 4.69) is 10.00 Å². The van der Waals surface area contributed by atoms with Crippen molar-refractivity contribution in [2.75, 3.05) is 13.1 Å². The van der Waals surface area contributed by atoms with Gasteiger partial charge in [0.1, 0.15) is 0 Å². The van der Waals surface area contributed by atoms with Crippen LogP contribution in [0.2, 0.25) is 10.0 Å². The highest BCUT2D eigenvalue weighted by Gasteiger charge is 2.32. The average molecular weight is 528 g/mol. The lowest BCUT2D eigenvalue weighted by atomic mass is 9.93. The maximum absolute atomic E-state index is 13.3. The molecule has 35 heavy (non-hydrogen) atoms. The molecule has 1 saturated heterocycles. The molecule has 0 spiro atoms. The van der Waals surface area contributed by atoms with Crippen LogP contribution in [-0.4, -0.2) is 38.8 Å². The molecular formula is C25H26Cl2F3N3O2. The van der Waals surface area contributed by atoms with Gasteiger partial charge in [-0.15, -0.1) is 0 Å². The van der Waals surface area contributed by atoms with Gasteiger partial charge in [-0.2, -0.15) is 18.3 Å². The number of rotatable bonds is 6. The molecule has 2 heterocycles. The fourth-order valence-electron chi connectivity index (χ4n) is 4.86. The fourth-order valence-corrected chi connectivity index (χ4v) is 5.41. The summed E-state index contributed by atoms with van der Waals surface area (Å²) in [6.45, 7) is 5.74. The zero-order valence-corrected chi connectivity index (χ0v) is 20.9. The maximum Gasteiger partial charge on any atom is 0.416 e. The van der Waals surface area contributed by atoms with Gasteiger partial charge in [-0.05, 0) is 75.0 Å². The minimum absolute atomic E-state index is 0.192. The van der Waals surface area contributed by atoms with Gasteiger partial charge in [0.25, 0.3) is 0 Å². The van der Waals surface area contributed by atoms with E-state index in [-0.39, 0.29) is 18.9 Å². The molecule has 0 atom stereocenters. The van der Waals surface area contributed by atoms with Crippen molar-refractivity contribution in [3.63, 3.8) is 0 Å². The Labute approximate surface area is 211 Å². The van der Waals surface area contributed by atoms with Gasteiger partial charge in [0.05, 0.1) is 28.3 Å². The Balaban J connectivity index is 1.59. The third-order valence-corrected chi connectivity index (χ3v) is 7.51. The van der Waals surface area contributed by atoms with Crippen LogP contribution < -0.4 is 0 Å². The molecule has 3 aromatic rings. The van der Waals surface area contributed by atoms with E-state index < -0.39 is 17.7 Å². The highest BCUT2D eigenvalue weighted by Crippen LogP contribution is 2.36. The van der Waals surface area contributed by atoms with Crippen LogP contribution in [0, 0.1) is 19.8 Å². The minimum atomic E-state index is -4.43. The van der Waals surface area contributed by atoms with Crippen molar-refractivity contribution >= 4 is 40.1 Å². The van der Waals surface area contributed by atoms with Gasteiger partial charge in [-0.25, -0.2) is 0 Å². The molecule has 0 radical (unpaired) electrons. The van der Waals surface area contributed by atoms with E-state index in [1.807, 2.05) is 6.07 Å². The van der Waals surface area contributed by atoms with Gasteiger partial charge in [-0.3, -0.25) is 14.4 Å². The normalized spacial score (nSPS) is 15.7. The van der Waals surface area contributed by atoms with Crippen LogP contribution in [-0.2, 0) is 24.1 Å². The first-order chi connectivity index (χ1) is 16.4.